The van der Waals surface area contributed by atoms with Gasteiger partial charge in [-0.15, -0.1) is 0 Å². The maximum atomic E-state index is 10.9. The van der Waals surface area contributed by atoms with E-state index in [0.717, 1.165) is 22.3 Å². The molecule has 3 heteroatoms. The second-order valence-electron chi connectivity index (χ2n) is 3.44. The Bertz CT molecular complexity index is 344. The zero-order valence-electron chi connectivity index (χ0n) is 9.01. The average molecular weight is 383 g/mol. The molecule has 2 nitrogen and oxygen atoms in total. The Labute approximate surface area is 104 Å². The minimum absolute atomic E-state index is 0. The molecule has 14 heavy (non-hydrogen) atoms. The number of carboxylic acid groups (broad SMARTS) is 1. The van der Waals surface area contributed by atoms with Gasteiger partial charge in [0.2, 0.25) is 0 Å². The van der Waals surface area contributed by atoms with Gasteiger partial charge in [0.05, 0.1) is 5.56 Å². The molecule has 1 aromatic carbocycles. The molecule has 0 aromatic heterocycles. The molecule has 0 saturated heterocycles. The van der Waals surface area contributed by atoms with Crippen molar-refractivity contribution in [1.82, 2.24) is 0 Å². The average Bonchev–Trinajstić information content (AvgIpc) is 2.01. The minimum Gasteiger partial charge on any atom is -0.478 e. The van der Waals surface area contributed by atoms with Crippen LogP contribution in [0.2, 0.25) is 0 Å². The van der Waals surface area contributed by atoms with Gasteiger partial charge in [0.25, 0.3) is 0 Å². The van der Waals surface area contributed by atoms with Gasteiger partial charge in [-0.25, -0.2) is 4.79 Å². The summed E-state index contributed by atoms with van der Waals surface area (Å²) >= 11 is 0. The van der Waals surface area contributed by atoms with E-state index in [4.69, 9.17) is 5.11 Å². The van der Waals surface area contributed by atoms with Crippen molar-refractivity contribution in [2.24, 2.45) is 0 Å². The van der Waals surface area contributed by atoms with E-state index in [0.29, 0.717) is 5.56 Å². The predicted molar refractivity (Wildman–Crippen MR) is 58.1 cm³/mol. The second kappa shape index (κ2) is 4.91. The molecule has 73 valence electrons. The number of aromatic carboxylic acids is 1. The molecule has 0 atom stereocenters. The summed E-state index contributed by atoms with van der Waals surface area (Å²) in [6.45, 7) is 7.58. The Morgan fingerprint density at radius 3 is 1.71 bits per heavy atom. The fourth-order valence-corrected chi connectivity index (χ4v) is 1.54. The second-order valence-corrected chi connectivity index (χ2v) is 3.44. The summed E-state index contributed by atoms with van der Waals surface area (Å²) in [4.78, 5) is 10.9. The van der Waals surface area contributed by atoms with E-state index in [2.05, 4.69) is 0 Å². The van der Waals surface area contributed by atoms with Gasteiger partial charge in [-0.3, -0.25) is 0 Å². The fraction of sp³-hybridized carbons (Fsp3) is 0.364. The Morgan fingerprint density at radius 2 is 1.43 bits per heavy atom. The van der Waals surface area contributed by atoms with Gasteiger partial charge in [0.15, 0.2) is 0 Å². The van der Waals surface area contributed by atoms with Crippen molar-refractivity contribution in [3.05, 3.63) is 33.9 Å². The SMILES string of the molecule is Cc1cc(C)c(C)c(C(=O)O)c1C.[Tl]. The molecular weight excluding hydrogens is 369 g/mol. The largest absolute Gasteiger partial charge is 0.478 e. The van der Waals surface area contributed by atoms with E-state index in [1.54, 1.807) is 0 Å². The maximum Gasteiger partial charge on any atom is 0.336 e. The normalized spacial score (nSPS) is 9.43. The third-order valence-electron chi connectivity index (χ3n) is 2.58. The van der Waals surface area contributed by atoms with E-state index in [-0.39, 0.29) is 27.3 Å². The molecule has 1 aromatic rings. The summed E-state index contributed by atoms with van der Waals surface area (Å²) in [5, 5.41) is 9.00. The first-order valence-electron chi connectivity index (χ1n) is 4.26. The van der Waals surface area contributed by atoms with Crippen LogP contribution in [0.15, 0.2) is 6.07 Å². The van der Waals surface area contributed by atoms with Gasteiger partial charge in [0, 0.05) is 27.3 Å². The molecule has 0 amide bonds. The van der Waals surface area contributed by atoms with Gasteiger partial charge in [-0.05, 0) is 49.9 Å². The van der Waals surface area contributed by atoms with Gasteiger partial charge in [-0.1, -0.05) is 6.07 Å². The van der Waals surface area contributed by atoms with E-state index >= 15 is 0 Å². The number of hydrogen-bond acceptors (Lipinski definition) is 1. The topological polar surface area (TPSA) is 37.3 Å². The third-order valence-corrected chi connectivity index (χ3v) is 2.58. The number of carbonyl (C=O) groups is 1. The van der Waals surface area contributed by atoms with E-state index in [1.165, 1.54) is 0 Å². The van der Waals surface area contributed by atoms with Crippen molar-refractivity contribution in [3.8, 4) is 0 Å². The number of rotatable bonds is 1. The van der Waals surface area contributed by atoms with Crippen LogP contribution in [0.1, 0.15) is 32.6 Å². The standard InChI is InChI=1S/C11H14O2.Tl/c1-6-5-7(2)9(4)10(8(6)3)11(12)13;/h5H,1-4H3,(H,12,13);. The number of carboxylic acids is 1. The maximum absolute atomic E-state index is 10.9. The quantitative estimate of drug-likeness (QED) is 0.757. The molecular formula is C11H14O2Tl. The zero-order valence-corrected chi connectivity index (χ0v) is 13.5. The van der Waals surface area contributed by atoms with Crippen molar-refractivity contribution in [2.75, 3.05) is 0 Å². The van der Waals surface area contributed by atoms with Crippen molar-refractivity contribution in [2.45, 2.75) is 27.7 Å². The summed E-state index contributed by atoms with van der Waals surface area (Å²) in [6, 6.07) is 2.02. The number of benzene rings is 1. The van der Waals surface area contributed by atoms with E-state index in [1.807, 2.05) is 33.8 Å². The van der Waals surface area contributed by atoms with Crippen LogP contribution in [-0.4, -0.2) is 38.4 Å². The first kappa shape index (κ1) is 13.6. The molecule has 0 fully saturated rings. The molecule has 0 unspecified atom stereocenters. The van der Waals surface area contributed by atoms with Crippen LogP contribution < -0.4 is 0 Å². The van der Waals surface area contributed by atoms with Gasteiger partial charge >= 0.3 is 5.97 Å². The molecule has 0 aliphatic heterocycles. The molecule has 0 heterocycles. The zero-order chi connectivity index (χ0) is 10.2. The van der Waals surface area contributed by atoms with Crippen LogP contribution in [-0.2, 0) is 0 Å². The summed E-state index contributed by atoms with van der Waals surface area (Å²) in [6.07, 6.45) is 0. The Morgan fingerprint density at radius 1 is 1.07 bits per heavy atom. The Kier molecular flexibility index (Phi) is 4.77. The minimum atomic E-state index is -0.832. The third kappa shape index (κ3) is 2.35. The van der Waals surface area contributed by atoms with Gasteiger partial charge < -0.3 is 5.11 Å². The Balaban J connectivity index is 0.00000169. The molecule has 0 aliphatic carbocycles. The van der Waals surface area contributed by atoms with E-state index in [9.17, 15) is 4.79 Å². The summed E-state index contributed by atoms with van der Waals surface area (Å²) in [5.41, 5.74) is 4.28. The van der Waals surface area contributed by atoms with Gasteiger partial charge in [-0.2, -0.15) is 0 Å². The van der Waals surface area contributed by atoms with Crippen LogP contribution in [0.25, 0.3) is 0 Å². The van der Waals surface area contributed by atoms with Crippen molar-refractivity contribution in [1.29, 1.82) is 0 Å². The van der Waals surface area contributed by atoms with Crippen molar-refractivity contribution in [3.63, 3.8) is 0 Å². The van der Waals surface area contributed by atoms with Crippen LogP contribution in [0, 0.1) is 27.7 Å². The molecule has 1 rings (SSSR count). The number of hydrogen-bond donors (Lipinski definition) is 1. The first-order valence-corrected chi connectivity index (χ1v) is 4.26. The Hall–Kier alpha value is -0.388. The summed E-state index contributed by atoms with van der Waals surface area (Å²) in [5.74, 6) is -0.832. The van der Waals surface area contributed by atoms with Crippen LogP contribution >= 0.6 is 0 Å². The first-order chi connectivity index (χ1) is 5.95. The van der Waals surface area contributed by atoms with Crippen LogP contribution in [0.4, 0.5) is 0 Å². The molecule has 0 bridgehead atoms. The molecule has 0 spiro atoms. The monoisotopic (exact) mass is 383 g/mol. The fourth-order valence-electron chi connectivity index (χ4n) is 1.54. The summed E-state index contributed by atoms with van der Waals surface area (Å²) < 4.78 is 0. The summed E-state index contributed by atoms with van der Waals surface area (Å²) in [7, 11) is 0. The molecule has 0 aliphatic rings. The van der Waals surface area contributed by atoms with Crippen LogP contribution in [0.5, 0.6) is 0 Å². The molecule has 0 saturated carbocycles. The van der Waals surface area contributed by atoms with Gasteiger partial charge in [0.1, 0.15) is 0 Å². The smallest absolute Gasteiger partial charge is 0.336 e. The molecule has 1 radical (unpaired) electrons. The van der Waals surface area contributed by atoms with Crippen molar-refractivity contribution >= 4 is 33.3 Å². The molecule has 1 N–H and O–H groups in total. The van der Waals surface area contributed by atoms with Crippen LogP contribution in [0.3, 0.4) is 0 Å². The predicted octanol–water partition coefficient (Wildman–Crippen LogP) is 2.24. The van der Waals surface area contributed by atoms with E-state index < -0.39 is 5.97 Å². The number of aryl methyl sites for hydroxylation is 2. The van der Waals surface area contributed by atoms with Crippen molar-refractivity contribution < 1.29 is 9.90 Å².